The second kappa shape index (κ2) is 11.4. The van der Waals surface area contributed by atoms with Gasteiger partial charge in [-0.15, -0.1) is 11.8 Å². The van der Waals surface area contributed by atoms with Crippen LogP contribution in [0.15, 0.2) is 59.7 Å². The Balaban J connectivity index is 1.74. The molecule has 6 nitrogen and oxygen atoms in total. The highest BCUT2D eigenvalue weighted by Crippen LogP contribution is 2.17. The number of esters is 1. The Morgan fingerprint density at radius 3 is 2.40 bits per heavy atom. The average molecular weight is 429 g/mol. The Bertz CT molecular complexity index is 846. The van der Waals surface area contributed by atoms with Crippen LogP contribution < -0.4 is 10.2 Å². The summed E-state index contributed by atoms with van der Waals surface area (Å²) in [6.07, 6.45) is 1.56. The van der Waals surface area contributed by atoms with Crippen molar-refractivity contribution in [2.24, 2.45) is 5.10 Å². The van der Waals surface area contributed by atoms with Crippen LogP contribution in [-0.2, 0) is 20.1 Å². The van der Waals surface area contributed by atoms with Crippen molar-refractivity contribution in [2.75, 3.05) is 6.61 Å². The first-order valence-corrected chi connectivity index (χ1v) is 10.7. The van der Waals surface area contributed by atoms with Crippen LogP contribution in [0.2, 0.25) is 0 Å². The van der Waals surface area contributed by atoms with Gasteiger partial charge >= 0.3 is 5.97 Å². The monoisotopic (exact) mass is 428 g/mol. The van der Waals surface area contributed by atoms with Crippen molar-refractivity contribution >= 4 is 29.9 Å². The molecule has 7 heteroatoms. The predicted molar refractivity (Wildman–Crippen MR) is 121 cm³/mol. The SMILES string of the molecule is CC(SCc1ccccc1)C(=O)NN=Cc1ccc(OCC(=O)OC(C)(C)C)cc1. The number of rotatable bonds is 9. The van der Waals surface area contributed by atoms with Gasteiger partial charge in [-0.05, 0) is 63.1 Å². The Morgan fingerprint density at radius 2 is 1.77 bits per heavy atom. The summed E-state index contributed by atoms with van der Waals surface area (Å²) in [5.41, 5.74) is 4.00. The van der Waals surface area contributed by atoms with Crippen molar-refractivity contribution in [3.8, 4) is 5.75 Å². The van der Waals surface area contributed by atoms with E-state index in [2.05, 4.69) is 10.5 Å². The molecule has 1 atom stereocenters. The Labute approximate surface area is 182 Å². The highest BCUT2D eigenvalue weighted by molar-refractivity contribution is 7.99. The Hall–Kier alpha value is -2.80. The maximum Gasteiger partial charge on any atom is 0.344 e. The lowest BCUT2D eigenvalue weighted by atomic mass is 10.2. The van der Waals surface area contributed by atoms with Crippen LogP contribution in [0.3, 0.4) is 0 Å². The molecule has 1 unspecified atom stereocenters. The summed E-state index contributed by atoms with van der Waals surface area (Å²) in [5.74, 6) is 0.747. The fraction of sp³-hybridized carbons (Fsp3) is 0.348. The van der Waals surface area contributed by atoms with Gasteiger partial charge in [-0.25, -0.2) is 10.2 Å². The highest BCUT2D eigenvalue weighted by atomic mass is 32.2. The third kappa shape index (κ3) is 9.13. The zero-order chi connectivity index (χ0) is 22.0. The predicted octanol–water partition coefficient (Wildman–Crippen LogP) is 4.18. The van der Waals surface area contributed by atoms with E-state index in [9.17, 15) is 9.59 Å². The molecule has 2 rings (SSSR count). The van der Waals surface area contributed by atoms with E-state index < -0.39 is 11.6 Å². The second-order valence-electron chi connectivity index (χ2n) is 7.62. The number of hydrogen-bond acceptors (Lipinski definition) is 6. The number of nitrogens with one attached hydrogen (secondary N) is 1. The molecule has 0 saturated heterocycles. The van der Waals surface area contributed by atoms with Crippen LogP contribution in [-0.4, -0.2) is 35.5 Å². The lowest BCUT2D eigenvalue weighted by molar-refractivity contribution is -0.157. The van der Waals surface area contributed by atoms with E-state index in [-0.39, 0.29) is 17.8 Å². The molecule has 0 aliphatic carbocycles. The maximum atomic E-state index is 12.1. The van der Waals surface area contributed by atoms with E-state index in [4.69, 9.17) is 9.47 Å². The molecule has 30 heavy (non-hydrogen) atoms. The van der Waals surface area contributed by atoms with Crippen molar-refractivity contribution < 1.29 is 19.1 Å². The van der Waals surface area contributed by atoms with Crippen molar-refractivity contribution in [1.82, 2.24) is 5.43 Å². The minimum absolute atomic E-state index is 0.149. The van der Waals surface area contributed by atoms with Crippen LogP contribution in [0.4, 0.5) is 0 Å². The van der Waals surface area contributed by atoms with Crippen LogP contribution in [0, 0.1) is 0 Å². The van der Waals surface area contributed by atoms with E-state index in [0.29, 0.717) is 5.75 Å². The summed E-state index contributed by atoms with van der Waals surface area (Å²) in [7, 11) is 0. The molecular formula is C23H28N2O4S. The number of amides is 1. The molecule has 0 aliphatic heterocycles. The Morgan fingerprint density at radius 1 is 1.10 bits per heavy atom. The van der Waals surface area contributed by atoms with Gasteiger partial charge in [0, 0.05) is 5.75 Å². The first-order valence-electron chi connectivity index (χ1n) is 9.66. The summed E-state index contributed by atoms with van der Waals surface area (Å²) in [5, 5.41) is 3.79. The largest absolute Gasteiger partial charge is 0.482 e. The van der Waals surface area contributed by atoms with Gasteiger partial charge in [0.05, 0.1) is 11.5 Å². The number of hydrogen-bond donors (Lipinski definition) is 1. The summed E-state index contributed by atoms with van der Waals surface area (Å²) >= 11 is 1.56. The molecule has 1 N–H and O–H groups in total. The van der Waals surface area contributed by atoms with E-state index >= 15 is 0 Å². The third-order valence-electron chi connectivity index (χ3n) is 3.76. The topological polar surface area (TPSA) is 77.0 Å². The number of carbonyl (C=O) groups excluding carboxylic acids is 2. The summed E-state index contributed by atoms with van der Waals surface area (Å²) in [6.45, 7) is 7.12. The Kier molecular flexibility index (Phi) is 8.92. The standard InChI is InChI=1S/C23H28N2O4S/c1-17(30-16-19-8-6-5-7-9-19)22(27)25-24-14-18-10-12-20(13-11-18)28-15-21(26)29-23(2,3)4/h5-14,17H,15-16H2,1-4H3,(H,25,27). The summed E-state index contributed by atoms with van der Waals surface area (Å²) in [4.78, 5) is 23.8. The third-order valence-corrected chi connectivity index (χ3v) is 4.97. The molecule has 0 fully saturated rings. The van der Waals surface area contributed by atoms with E-state index in [1.165, 1.54) is 5.56 Å². The quantitative estimate of drug-likeness (QED) is 0.368. The molecule has 0 spiro atoms. The average Bonchev–Trinajstić information content (AvgIpc) is 2.71. The fourth-order valence-electron chi connectivity index (χ4n) is 2.30. The normalized spacial score (nSPS) is 12.4. The molecule has 0 heterocycles. The number of thioether (sulfide) groups is 1. The zero-order valence-corrected chi connectivity index (χ0v) is 18.6. The minimum atomic E-state index is -0.539. The van der Waals surface area contributed by atoms with Gasteiger partial charge in [0.25, 0.3) is 5.91 Å². The molecule has 0 aliphatic rings. The van der Waals surface area contributed by atoms with Gasteiger partial charge in [0.1, 0.15) is 11.4 Å². The van der Waals surface area contributed by atoms with Gasteiger partial charge in [0.2, 0.25) is 0 Å². The van der Waals surface area contributed by atoms with Gasteiger partial charge in [-0.1, -0.05) is 30.3 Å². The van der Waals surface area contributed by atoms with Crippen molar-refractivity contribution in [2.45, 2.75) is 44.3 Å². The highest BCUT2D eigenvalue weighted by Gasteiger charge is 2.16. The number of hydrazone groups is 1. The number of nitrogens with zero attached hydrogens (tertiary/aromatic N) is 1. The van der Waals surface area contributed by atoms with Gasteiger partial charge in [-0.3, -0.25) is 4.79 Å². The zero-order valence-electron chi connectivity index (χ0n) is 17.8. The van der Waals surface area contributed by atoms with Crippen molar-refractivity contribution in [1.29, 1.82) is 0 Å². The number of carbonyl (C=O) groups is 2. The number of benzene rings is 2. The molecule has 160 valence electrons. The van der Waals surface area contributed by atoms with Gasteiger partial charge in [-0.2, -0.15) is 5.10 Å². The smallest absolute Gasteiger partial charge is 0.344 e. The van der Waals surface area contributed by atoms with E-state index in [0.717, 1.165) is 11.3 Å². The van der Waals surface area contributed by atoms with Gasteiger partial charge < -0.3 is 9.47 Å². The van der Waals surface area contributed by atoms with Crippen LogP contribution in [0.1, 0.15) is 38.8 Å². The maximum absolute atomic E-state index is 12.1. The van der Waals surface area contributed by atoms with Crippen molar-refractivity contribution in [3.63, 3.8) is 0 Å². The van der Waals surface area contributed by atoms with E-state index in [1.54, 1.807) is 63.0 Å². The molecule has 2 aromatic carbocycles. The molecule has 0 bridgehead atoms. The lowest BCUT2D eigenvalue weighted by Gasteiger charge is -2.19. The molecule has 0 saturated carbocycles. The minimum Gasteiger partial charge on any atom is -0.482 e. The van der Waals surface area contributed by atoms with E-state index in [1.807, 2.05) is 37.3 Å². The fourth-order valence-corrected chi connectivity index (χ4v) is 3.13. The van der Waals surface area contributed by atoms with Crippen molar-refractivity contribution in [3.05, 3.63) is 65.7 Å². The molecule has 0 radical (unpaired) electrons. The molecule has 1 amide bonds. The molecule has 0 aromatic heterocycles. The lowest BCUT2D eigenvalue weighted by Crippen LogP contribution is -2.27. The van der Waals surface area contributed by atoms with Crippen LogP contribution in [0.5, 0.6) is 5.75 Å². The number of ether oxygens (including phenoxy) is 2. The summed E-state index contributed by atoms with van der Waals surface area (Å²) < 4.78 is 10.6. The first kappa shape index (κ1) is 23.5. The molecule has 2 aromatic rings. The summed E-state index contributed by atoms with van der Waals surface area (Å²) in [6, 6.07) is 17.0. The van der Waals surface area contributed by atoms with Crippen LogP contribution in [0.25, 0.3) is 0 Å². The van der Waals surface area contributed by atoms with Gasteiger partial charge in [0.15, 0.2) is 6.61 Å². The second-order valence-corrected chi connectivity index (χ2v) is 8.95. The molecular weight excluding hydrogens is 400 g/mol. The first-order chi connectivity index (χ1) is 14.2. The van der Waals surface area contributed by atoms with Crippen LogP contribution >= 0.6 is 11.8 Å².